The Morgan fingerprint density at radius 3 is 2.59 bits per heavy atom. The summed E-state index contributed by atoms with van der Waals surface area (Å²) in [6.45, 7) is 3.46. The van der Waals surface area contributed by atoms with Crippen LogP contribution < -0.4 is 0 Å². The second kappa shape index (κ2) is 6.35. The lowest BCUT2D eigenvalue weighted by molar-refractivity contribution is -0.142. The fraction of sp³-hybridized carbons (Fsp3) is 0.250. The Hall–Kier alpha value is -2.26. The monoisotopic (exact) mass is 231 g/mol. The van der Waals surface area contributed by atoms with Crippen LogP contribution in [-0.4, -0.2) is 12.1 Å². The van der Waals surface area contributed by atoms with Gasteiger partial charge in [0, 0.05) is 4.91 Å². The number of benzene rings is 1. The van der Waals surface area contributed by atoms with Crippen LogP contribution in [0.5, 0.6) is 0 Å². The molecule has 0 saturated heterocycles. The fourth-order valence-electron chi connectivity index (χ4n) is 1.16. The highest BCUT2D eigenvalue weighted by atomic mass is 16.5. The molecule has 0 bridgehead atoms. The number of esters is 1. The third kappa shape index (κ3) is 4.40. The van der Waals surface area contributed by atoms with Crippen LogP contribution in [-0.2, 0) is 9.53 Å². The highest BCUT2D eigenvalue weighted by Crippen LogP contribution is 2.10. The van der Waals surface area contributed by atoms with Gasteiger partial charge in [0.05, 0.1) is 6.10 Å². The third-order valence-electron chi connectivity index (χ3n) is 1.81. The Kier molecular flexibility index (Phi) is 4.78. The first-order valence-electron chi connectivity index (χ1n) is 5.16. The molecule has 1 aromatic carbocycles. The zero-order chi connectivity index (χ0) is 12.7. The summed E-state index contributed by atoms with van der Waals surface area (Å²) in [7, 11) is 0. The zero-order valence-electron chi connectivity index (χ0n) is 9.70. The SMILES string of the molecule is CC(C)OC(=O)/C(=C/c1ccccc1)N=[N+]=[N-]. The Morgan fingerprint density at radius 2 is 2.06 bits per heavy atom. The van der Waals surface area contributed by atoms with Gasteiger partial charge in [-0.1, -0.05) is 35.4 Å². The van der Waals surface area contributed by atoms with Crippen molar-refractivity contribution >= 4 is 12.0 Å². The molecule has 5 nitrogen and oxygen atoms in total. The van der Waals surface area contributed by atoms with Gasteiger partial charge in [-0.15, -0.1) is 0 Å². The van der Waals surface area contributed by atoms with Crippen LogP contribution in [0.25, 0.3) is 16.5 Å². The van der Waals surface area contributed by atoms with E-state index in [4.69, 9.17) is 10.3 Å². The minimum atomic E-state index is -0.623. The average Bonchev–Trinajstić information content (AvgIpc) is 2.29. The molecule has 0 heterocycles. The van der Waals surface area contributed by atoms with E-state index in [2.05, 4.69) is 10.0 Å². The molecule has 0 N–H and O–H groups in total. The Morgan fingerprint density at radius 1 is 1.41 bits per heavy atom. The van der Waals surface area contributed by atoms with Crippen LogP contribution in [0.15, 0.2) is 41.1 Å². The van der Waals surface area contributed by atoms with Crippen molar-refractivity contribution in [1.82, 2.24) is 0 Å². The maximum atomic E-state index is 11.6. The van der Waals surface area contributed by atoms with Crippen molar-refractivity contribution in [2.24, 2.45) is 5.11 Å². The van der Waals surface area contributed by atoms with Crippen LogP contribution in [0.3, 0.4) is 0 Å². The van der Waals surface area contributed by atoms with Gasteiger partial charge in [0.1, 0.15) is 5.70 Å². The van der Waals surface area contributed by atoms with Crippen LogP contribution in [0.4, 0.5) is 0 Å². The highest BCUT2D eigenvalue weighted by molar-refractivity contribution is 5.93. The second-order valence-corrected chi connectivity index (χ2v) is 3.58. The first kappa shape index (κ1) is 12.8. The molecule has 0 atom stereocenters. The number of azide groups is 1. The fourth-order valence-corrected chi connectivity index (χ4v) is 1.16. The number of nitrogens with zero attached hydrogens (tertiary/aromatic N) is 3. The van der Waals surface area contributed by atoms with Gasteiger partial charge in [-0.25, -0.2) is 4.79 Å². The summed E-state index contributed by atoms with van der Waals surface area (Å²) in [5, 5.41) is 3.34. The summed E-state index contributed by atoms with van der Waals surface area (Å²) in [6, 6.07) is 9.11. The summed E-state index contributed by atoms with van der Waals surface area (Å²) < 4.78 is 4.97. The molecule has 88 valence electrons. The van der Waals surface area contributed by atoms with Crippen molar-refractivity contribution in [3.8, 4) is 0 Å². The van der Waals surface area contributed by atoms with E-state index in [1.165, 1.54) is 6.08 Å². The molecular weight excluding hydrogens is 218 g/mol. The molecule has 0 fully saturated rings. The van der Waals surface area contributed by atoms with E-state index in [1.807, 2.05) is 18.2 Å². The molecule has 0 aliphatic carbocycles. The predicted octanol–water partition coefficient (Wildman–Crippen LogP) is 3.29. The quantitative estimate of drug-likeness (QED) is 0.262. The van der Waals surface area contributed by atoms with Crippen molar-refractivity contribution in [3.05, 3.63) is 52.0 Å². The predicted molar refractivity (Wildman–Crippen MR) is 64.8 cm³/mol. The van der Waals surface area contributed by atoms with Crippen molar-refractivity contribution in [3.63, 3.8) is 0 Å². The van der Waals surface area contributed by atoms with Gasteiger partial charge < -0.3 is 4.74 Å². The summed E-state index contributed by atoms with van der Waals surface area (Å²) in [4.78, 5) is 14.2. The second-order valence-electron chi connectivity index (χ2n) is 3.58. The van der Waals surface area contributed by atoms with Gasteiger partial charge in [-0.3, -0.25) is 0 Å². The number of hydrogen-bond donors (Lipinski definition) is 0. The van der Waals surface area contributed by atoms with Crippen molar-refractivity contribution in [1.29, 1.82) is 0 Å². The molecule has 0 saturated carbocycles. The molecule has 0 aromatic heterocycles. The molecule has 1 aromatic rings. The Bertz CT molecular complexity index is 460. The molecule has 0 radical (unpaired) electrons. The maximum absolute atomic E-state index is 11.6. The third-order valence-corrected chi connectivity index (χ3v) is 1.81. The number of rotatable bonds is 4. The zero-order valence-corrected chi connectivity index (χ0v) is 9.70. The topological polar surface area (TPSA) is 75.1 Å². The summed E-state index contributed by atoms with van der Waals surface area (Å²) in [6.07, 6.45) is 1.24. The smallest absolute Gasteiger partial charge is 0.340 e. The van der Waals surface area contributed by atoms with Gasteiger partial charge in [0.25, 0.3) is 0 Å². The first-order valence-corrected chi connectivity index (χ1v) is 5.16. The van der Waals surface area contributed by atoms with E-state index in [1.54, 1.807) is 26.0 Å². The highest BCUT2D eigenvalue weighted by Gasteiger charge is 2.10. The Labute approximate surface area is 99.3 Å². The van der Waals surface area contributed by atoms with Crippen molar-refractivity contribution in [2.45, 2.75) is 20.0 Å². The molecule has 0 aliphatic heterocycles. The Balaban J connectivity index is 2.97. The van der Waals surface area contributed by atoms with E-state index < -0.39 is 5.97 Å². The van der Waals surface area contributed by atoms with Gasteiger partial charge in [0.15, 0.2) is 0 Å². The molecule has 1 rings (SSSR count). The number of carbonyl (C=O) groups is 1. The molecule has 5 heteroatoms. The van der Waals surface area contributed by atoms with Crippen LogP contribution in [0, 0.1) is 0 Å². The minimum Gasteiger partial charge on any atom is -0.459 e. The molecular formula is C12H13N3O2. The number of ether oxygens (including phenoxy) is 1. The first-order chi connectivity index (χ1) is 8.13. The molecule has 0 unspecified atom stereocenters. The van der Waals surface area contributed by atoms with Crippen LogP contribution >= 0.6 is 0 Å². The standard InChI is InChI=1S/C12H13N3O2/c1-9(2)17-12(16)11(14-15-13)8-10-6-4-3-5-7-10/h3-9H,1-2H3/b11-8-. The van der Waals surface area contributed by atoms with Gasteiger partial charge in [0.2, 0.25) is 0 Å². The van der Waals surface area contributed by atoms with Gasteiger partial charge in [-0.2, -0.15) is 0 Å². The summed E-state index contributed by atoms with van der Waals surface area (Å²) in [5.74, 6) is -0.623. The van der Waals surface area contributed by atoms with Crippen LogP contribution in [0.1, 0.15) is 19.4 Å². The molecule has 0 aliphatic rings. The minimum absolute atomic E-state index is 0.0487. The number of hydrogen-bond acceptors (Lipinski definition) is 3. The van der Waals surface area contributed by atoms with Gasteiger partial charge >= 0.3 is 5.97 Å². The van der Waals surface area contributed by atoms with E-state index in [0.717, 1.165) is 5.56 Å². The van der Waals surface area contributed by atoms with E-state index in [-0.39, 0.29) is 11.8 Å². The van der Waals surface area contributed by atoms with Crippen molar-refractivity contribution in [2.75, 3.05) is 0 Å². The van der Waals surface area contributed by atoms with Crippen molar-refractivity contribution < 1.29 is 9.53 Å². The lowest BCUT2D eigenvalue weighted by Gasteiger charge is -2.07. The van der Waals surface area contributed by atoms with Crippen LogP contribution in [0.2, 0.25) is 0 Å². The van der Waals surface area contributed by atoms with E-state index in [9.17, 15) is 4.79 Å². The summed E-state index contributed by atoms with van der Waals surface area (Å²) in [5.41, 5.74) is 9.13. The maximum Gasteiger partial charge on any atom is 0.340 e. The van der Waals surface area contributed by atoms with Gasteiger partial charge in [-0.05, 0) is 31.0 Å². The summed E-state index contributed by atoms with van der Waals surface area (Å²) >= 11 is 0. The lowest BCUT2D eigenvalue weighted by atomic mass is 10.2. The normalized spacial score (nSPS) is 10.9. The van der Waals surface area contributed by atoms with E-state index >= 15 is 0 Å². The number of carbonyl (C=O) groups excluding carboxylic acids is 1. The molecule has 0 spiro atoms. The lowest BCUT2D eigenvalue weighted by Crippen LogP contribution is -2.12. The molecule has 0 amide bonds. The average molecular weight is 231 g/mol. The van der Waals surface area contributed by atoms with E-state index in [0.29, 0.717) is 0 Å². The molecule has 17 heavy (non-hydrogen) atoms. The largest absolute Gasteiger partial charge is 0.459 e.